The second-order valence-corrected chi connectivity index (χ2v) is 7.80. The van der Waals surface area contributed by atoms with Gasteiger partial charge in [-0.05, 0) is 66.9 Å². The van der Waals surface area contributed by atoms with E-state index in [1.54, 1.807) is 30.4 Å². The number of nitrogens with zero attached hydrogens (tertiary/aromatic N) is 1. The van der Waals surface area contributed by atoms with E-state index in [2.05, 4.69) is 0 Å². The molecular formula is C25H21NO5. The van der Waals surface area contributed by atoms with E-state index in [1.807, 2.05) is 50.2 Å². The standard InChI is InChI=1S/C25H21NO5/c1-14-10-19-20(11-15(14)2)31-24-21(23(19)27)22(16-6-4-7-17(12-16)29-3)26(25(24)28)13-18-8-5-9-30-18/h4-12,22H,13H2,1-3H3/t22-/m0/s1. The second-order valence-electron chi connectivity index (χ2n) is 7.80. The average Bonchev–Trinajstić information content (AvgIpc) is 3.37. The van der Waals surface area contributed by atoms with E-state index in [9.17, 15) is 9.59 Å². The highest BCUT2D eigenvalue weighted by Crippen LogP contribution is 2.40. The van der Waals surface area contributed by atoms with Crippen molar-refractivity contribution in [1.82, 2.24) is 4.90 Å². The van der Waals surface area contributed by atoms with Crippen LogP contribution in [0.1, 0.15) is 44.6 Å². The third kappa shape index (κ3) is 3.03. The summed E-state index contributed by atoms with van der Waals surface area (Å²) in [5.41, 5.74) is 3.34. The molecule has 2 aromatic heterocycles. The van der Waals surface area contributed by atoms with Crippen molar-refractivity contribution in [3.63, 3.8) is 0 Å². The Bertz CT molecular complexity index is 1370. The molecule has 0 aliphatic carbocycles. The molecule has 0 saturated heterocycles. The van der Waals surface area contributed by atoms with Crippen molar-refractivity contribution >= 4 is 16.9 Å². The zero-order chi connectivity index (χ0) is 21.7. The third-order valence-corrected chi connectivity index (χ3v) is 5.90. The van der Waals surface area contributed by atoms with Crippen LogP contribution in [0.25, 0.3) is 11.0 Å². The molecule has 0 radical (unpaired) electrons. The summed E-state index contributed by atoms with van der Waals surface area (Å²) in [6.45, 7) is 4.12. The number of furan rings is 1. The lowest BCUT2D eigenvalue weighted by Gasteiger charge is -2.24. The van der Waals surface area contributed by atoms with E-state index in [1.165, 1.54) is 0 Å². The van der Waals surface area contributed by atoms with Gasteiger partial charge < -0.3 is 18.5 Å². The molecule has 0 fully saturated rings. The minimum Gasteiger partial charge on any atom is -0.497 e. The van der Waals surface area contributed by atoms with Crippen LogP contribution >= 0.6 is 0 Å². The minimum atomic E-state index is -0.607. The van der Waals surface area contributed by atoms with Gasteiger partial charge in [0.25, 0.3) is 5.91 Å². The first kappa shape index (κ1) is 19.2. The lowest BCUT2D eigenvalue weighted by Crippen LogP contribution is -2.29. The van der Waals surface area contributed by atoms with Gasteiger partial charge in [-0.2, -0.15) is 0 Å². The molecular weight excluding hydrogens is 394 g/mol. The van der Waals surface area contributed by atoms with Crippen molar-refractivity contribution in [2.24, 2.45) is 0 Å². The van der Waals surface area contributed by atoms with E-state index < -0.39 is 6.04 Å². The summed E-state index contributed by atoms with van der Waals surface area (Å²) >= 11 is 0. The fourth-order valence-electron chi connectivity index (χ4n) is 4.17. The zero-order valence-electron chi connectivity index (χ0n) is 17.5. The number of fused-ring (bicyclic) bond motifs is 2. The Labute approximate surface area is 178 Å². The highest BCUT2D eigenvalue weighted by atomic mass is 16.5. The van der Waals surface area contributed by atoms with E-state index in [-0.39, 0.29) is 23.6 Å². The van der Waals surface area contributed by atoms with Crippen LogP contribution in [0.5, 0.6) is 5.75 Å². The van der Waals surface area contributed by atoms with Gasteiger partial charge in [0.1, 0.15) is 17.1 Å². The van der Waals surface area contributed by atoms with Crippen molar-refractivity contribution < 1.29 is 18.4 Å². The summed E-state index contributed by atoms with van der Waals surface area (Å²) in [4.78, 5) is 28.7. The van der Waals surface area contributed by atoms with Gasteiger partial charge in [0.05, 0.1) is 36.9 Å². The number of methoxy groups -OCH3 is 1. The maximum Gasteiger partial charge on any atom is 0.291 e. The largest absolute Gasteiger partial charge is 0.497 e. The molecule has 5 rings (SSSR count). The van der Waals surface area contributed by atoms with Gasteiger partial charge in [-0.1, -0.05) is 12.1 Å². The molecule has 1 aliphatic heterocycles. The molecule has 0 spiro atoms. The number of aryl methyl sites for hydroxylation is 2. The van der Waals surface area contributed by atoms with Crippen molar-refractivity contribution in [3.05, 3.63) is 98.8 Å². The Morgan fingerprint density at radius 1 is 1.03 bits per heavy atom. The number of hydrogen-bond acceptors (Lipinski definition) is 5. The number of amides is 1. The van der Waals surface area contributed by atoms with Gasteiger partial charge in [0.15, 0.2) is 5.43 Å². The monoisotopic (exact) mass is 415 g/mol. The number of benzene rings is 2. The molecule has 1 atom stereocenters. The van der Waals surface area contributed by atoms with Crippen LogP contribution in [-0.2, 0) is 6.54 Å². The highest BCUT2D eigenvalue weighted by Gasteiger charge is 2.43. The molecule has 31 heavy (non-hydrogen) atoms. The predicted octanol–water partition coefficient (Wildman–Crippen LogP) is 4.76. The highest BCUT2D eigenvalue weighted by molar-refractivity contribution is 5.99. The fraction of sp³-hybridized carbons (Fsp3) is 0.200. The predicted molar refractivity (Wildman–Crippen MR) is 115 cm³/mol. The number of rotatable bonds is 4. The Kier molecular flexibility index (Phi) is 4.43. The second kappa shape index (κ2) is 7.16. The summed E-state index contributed by atoms with van der Waals surface area (Å²) in [5, 5.41) is 0.474. The van der Waals surface area contributed by atoms with E-state index in [0.29, 0.717) is 28.0 Å². The first-order chi connectivity index (χ1) is 15.0. The molecule has 0 N–H and O–H groups in total. The van der Waals surface area contributed by atoms with Crippen molar-refractivity contribution in [2.45, 2.75) is 26.4 Å². The Hall–Kier alpha value is -3.80. The van der Waals surface area contributed by atoms with Crippen molar-refractivity contribution in [2.75, 3.05) is 7.11 Å². The number of ether oxygens (including phenoxy) is 1. The lowest BCUT2D eigenvalue weighted by atomic mass is 9.97. The van der Waals surface area contributed by atoms with Gasteiger partial charge in [-0.25, -0.2) is 0 Å². The van der Waals surface area contributed by atoms with Crippen LogP contribution in [0.3, 0.4) is 0 Å². The molecule has 4 aromatic rings. The first-order valence-corrected chi connectivity index (χ1v) is 10.0. The van der Waals surface area contributed by atoms with E-state index in [4.69, 9.17) is 13.6 Å². The fourth-order valence-corrected chi connectivity index (χ4v) is 4.17. The summed E-state index contributed by atoms with van der Waals surface area (Å²) < 4.78 is 16.9. The molecule has 1 aliphatic rings. The van der Waals surface area contributed by atoms with Crippen LogP contribution in [0.4, 0.5) is 0 Å². The topological polar surface area (TPSA) is 72.9 Å². The maximum atomic E-state index is 13.6. The zero-order valence-corrected chi connectivity index (χ0v) is 17.5. The van der Waals surface area contributed by atoms with Gasteiger partial charge in [0, 0.05) is 0 Å². The number of hydrogen-bond donors (Lipinski definition) is 0. The molecule has 6 nitrogen and oxygen atoms in total. The number of carbonyl (C=O) groups excluding carboxylic acids is 1. The smallest absolute Gasteiger partial charge is 0.291 e. The minimum absolute atomic E-state index is 0.0835. The van der Waals surface area contributed by atoms with E-state index in [0.717, 1.165) is 16.7 Å². The van der Waals surface area contributed by atoms with E-state index >= 15 is 0 Å². The van der Waals surface area contributed by atoms with Crippen molar-refractivity contribution in [3.8, 4) is 5.75 Å². The summed E-state index contributed by atoms with van der Waals surface area (Å²) in [6, 6.07) is 14.0. The van der Waals surface area contributed by atoms with Crippen LogP contribution in [0.15, 0.2) is 68.4 Å². The van der Waals surface area contributed by atoms with Crippen LogP contribution in [0.2, 0.25) is 0 Å². The van der Waals surface area contributed by atoms with Crippen LogP contribution < -0.4 is 10.2 Å². The lowest BCUT2D eigenvalue weighted by molar-refractivity contribution is 0.0701. The number of carbonyl (C=O) groups is 1. The summed E-state index contributed by atoms with van der Waals surface area (Å²) in [5.74, 6) is 1.02. The molecule has 0 unspecified atom stereocenters. The molecule has 1 amide bonds. The van der Waals surface area contributed by atoms with Crippen LogP contribution in [0, 0.1) is 13.8 Å². The Morgan fingerprint density at radius 2 is 1.84 bits per heavy atom. The Morgan fingerprint density at radius 3 is 2.58 bits per heavy atom. The molecule has 156 valence electrons. The van der Waals surface area contributed by atoms with Crippen molar-refractivity contribution in [1.29, 1.82) is 0 Å². The quantitative estimate of drug-likeness (QED) is 0.481. The maximum absolute atomic E-state index is 13.6. The van der Waals surface area contributed by atoms with Gasteiger partial charge in [0.2, 0.25) is 5.76 Å². The van der Waals surface area contributed by atoms with Gasteiger partial charge in [-0.3, -0.25) is 9.59 Å². The molecule has 6 heteroatoms. The molecule has 2 aromatic carbocycles. The summed E-state index contributed by atoms with van der Waals surface area (Å²) in [6.07, 6.45) is 1.56. The Balaban J connectivity index is 1.77. The first-order valence-electron chi connectivity index (χ1n) is 10.0. The molecule has 0 bridgehead atoms. The molecule has 3 heterocycles. The van der Waals surface area contributed by atoms with Gasteiger partial charge >= 0.3 is 0 Å². The summed E-state index contributed by atoms with van der Waals surface area (Å²) in [7, 11) is 1.58. The third-order valence-electron chi connectivity index (χ3n) is 5.90. The average molecular weight is 415 g/mol. The van der Waals surface area contributed by atoms with Gasteiger partial charge in [-0.15, -0.1) is 0 Å². The SMILES string of the molecule is COc1cccc([C@H]2c3c(oc4cc(C)c(C)cc4c3=O)C(=O)N2Cc2ccco2)c1. The normalized spacial score (nSPS) is 15.5. The molecule has 0 saturated carbocycles. The van der Waals surface area contributed by atoms with Crippen LogP contribution in [-0.4, -0.2) is 17.9 Å².